The first-order valence-corrected chi connectivity index (χ1v) is 14.6. The van der Waals surface area contributed by atoms with Crippen LogP contribution in [-0.2, 0) is 5.41 Å². The van der Waals surface area contributed by atoms with Gasteiger partial charge in [-0.2, -0.15) is 0 Å². The molecule has 6 aromatic carbocycles. The fourth-order valence-electron chi connectivity index (χ4n) is 6.53. The normalized spacial score (nSPS) is 13.3. The molecular weight excluding hydrogens is 506 g/mol. The number of rotatable bonds is 6. The van der Waals surface area contributed by atoms with Crippen molar-refractivity contribution in [1.82, 2.24) is 0 Å². The number of nitrogens with zero attached hydrogens (tertiary/aromatic N) is 1. The molecule has 0 aliphatic heterocycles. The monoisotopic (exact) mass is 539 g/mol. The van der Waals surface area contributed by atoms with E-state index in [9.17, 15) is 0 Å². The van der Waals surface area contributed by atoms with Crippen LogP contribution in [-0.4, -0.2) is 0 Å². The van der Waals surface area contributed by atoms with Gasteiger partial charge in [0.15, 0.2) is 0 Å². The summed E-state index contributed by atoms with van der Waals surface area (Å²) in [6.07, 6.45) is 2.42. The first-order chi connectivity index (χ1) is 20.7. The van der Waals surface area contributed by atoms with Crippen LogP contribution in [0.1, 0.15) is 38.9 Å². The van der Waals surface area contributed by atoms with Crippen LogP contribution in [0.5, 0.6) is 0 Å². The van der Waals surface area contributed by atoms with Crippen molar-refractivity contribution < 1.29 is 0 Å². The van der Waals surface area contributed by atoms with Crippen molar-refractivity contribution in [2.75, 3.05) is 4.90 Å². The zero-order valence-corrected chi connectivity index (χ0v) is 24.0. The third-order valence-electron chi connectivity index (χ3n) is 8.50. The van der Waals surface area contributed by atoms with Crippen LogP contribution in [0.2, 0.25) is 0 Å². The molecule has 1 aliphatic carbocycles. The molecule has 0 heterocycles. The van der Waals surface area contributed by atoms with E-state index < -0.39 is 5.41 Å². The van der Waals surface area contributed by atoms with Gasteiger partial charge in [0.25, 0.3) is 0 Å². The average Bonchev–Trinajstić information content (AvgIpc) is 3.39. The van der Waals surface area contributed by atoms with E-state index in [0.717, 1.165) is 17.1 Å². The topological polar surface area (TPSA) is 3.24 Å². The minimum atomic E-state index is -0.479. The molecule has 7 rings (SSSR count). The second-order valence-electron chi connectivity index (χ2n) is 11.2. The Hall–Kier alpha value is -5.14. The van der Waals surface area contributed by atoms with Gasteiger partial charge in [0, 0.05) is 16.9 Å². The van der Waals surface area contributed by atoms with Crippen molar-refractivity contribution in [3.63, 3.8) is 0 Å². The lowest BCUT2D eigenvalue weighted by molar-refractivity contribution is 0.813. The molecule has 0 amide bonds. The maximum atomic E-state index is 2.42. The summed E-state index contributed by atoms with van der Waals surface area (Å²) in [5.41, 5.74) is 13.1. The van der Waals surface area contributed by atoms with Gasteiger partial charge in [-0.25, -0.2) is 0 Å². The molecule has 42 heavy (non-hydrogen) atoms. The fraction of sp³-hybridized carbons (Fsp3) is 0.0732. The quantitative estimate of drug-likeness (QED) is 0.203. The van der Waals surface area contributed by atoms with Gasteiger partial charge in [-0.05, 0) is 78.1 Å². The van der Waals surface area contributed by atoms with Gasteiger partial charge >= 0.3 is 0 Å². The molecule has 0 saturated carbocycles. The number of hydrogen-bond acceptors (Lipinski definition) is 1. The third-order valence-corrected chi connectivity index (χ3v) is 8.50. The summed E-state index contributed by atoms with van der Waals surface area (Å²) in [7, 11) is 0. The SMILES string of the molecule is Cc1ccc(C2(c3ccc(C)cc3)C(c3ccccc3N(c3ccccc3)c3ccccc3)=Cc3ccccc32)cc1. The van der Waals surface area contributed by atoms with E-state index in [1.54, 1.807) is 0 Å². The highest BCUT2D eigenvalue weighted by Crippen LogP contribution is 2.57. The van der Waals surface area contributed by atoms with Crippen LogP contribution >= 0.6 is 0 Å². The van der Waals surface area contributed by atoms with Crippen LogP contribution in [0.4, 0.5) is 17.1 Å². The molecule has 1 heteroatoms. The zero-order valence-electron chi connectivity index (χ0n) is 24.0. The molecule has 1 aliphatic rings. The molecule has 0 spiro atoms. The highest BCUT2D eigenvalue weighted by molar-refractivity contribution is 6.03. The standard InChI is InChI=1S/C41H33N/c1-30-21-25-33(26-22-30)41(34-27-23-31(2)24-28-34)38-19-11-9-13-32(38)29-39(41)37-18-10-12-20-40(37)42(35-14-5-3-6-15-35)36-16-7-4-8-17-36/h3-29H,1-2H3. The van der Waals surface area contributed by atoms with Crippen LogP contribution in [0.25, 0.3) is 11.6 Å². The van der Waals surface area contributed by atoms with Gasteiger partial charge in [-0.1, -0.05) is 139 Å². The van der Waals surface area contributed by atoms with Crippen molar-refractivity contribution in [3.05, 3.63) is 197 Å². The van der Waals surface area contributed by atoms with Crippen LogP contribution in [0.3, 0.4) is 0 Å². The molecule has 0 saturated heterocycles. The highest BCUT2D eigenvalue weighted by atomic mass is 15.1. The zero-order chi connectivity index (χ0) is 28.5. The summed E-state index contributed by atoms with van der Waals surface area (Å²) in [6.45, 7) is 4.32. The summed E-state index contributed by atoms with van der Waals surface area (Å²) in [5, 5.41) is 0. The van der Waals surface area contributed by atoms with Gasteiger partial charge in [0.05, 0.1) is 11.1 Å². The van der Waals surface area contributed by atoms with E-state index in [1.165, 1.54) is 44.5 Å². The molecule has 0 unspecified atom stereocenters. The predicted molar refractivity (Wildman–Crippen MR) is 178 cm³/mol. The Morgan fingerprint density at radius 2 is 0.929 bits per heavy atom. The highest BCUT2D eigenvalue weighted by Gasteiger charge is 2.46. The molecule has 6 aromatic rings. The minimum Gasteiger partial charge on any atom is -0.310 e. The first kappa shape index (κ1) is 25.8. The van der Waals surface area contributed by atoms with E-state index in [1.807, 2.05) is 0 Å². The molecule has 1 nitrogen and oxygen atoms in total. The average molecular weight is 540 g/mol. The lowest BCUT2D eigenvalue weighted by Crippen LogP contribution is -2.30. The number of para-hydroxylation sites is 3. The summed E-state index contributed by atoms with van der Waals surface area (Å²) in [6, 6.07) is 57.4. The number of anilines is 3. The van der Waals surface area contributed by atoms with Gasteiger partial charge < -0.3 is 4.90 Å². The van der Waals surface area contributed by atoms with Gasteiger partial charge in [-0.3, -0.25) is 0 Å². The second-order valence-corrected chi connectivity index (χ2v) is 11.2. The maximum Gasteiger partial charge on any atom is 0.0714 e. The molecule has 0 bridgehead atoms. The Morgan fingerprint density at radius 3 is 1.50 bits per heavy atom. The van der Waals surface area contributed by atoms with Crippen molar-refractivity contribution >= 4 is 28.7 Å². The minimum absolute atomic E-state index is 0.479. The molecule has 202 valence electrons. The van der Waals surface area contributed by atoms with E-state index in [4.69, 9.17) is 0 Å². The third kappa shape index (κ3) is 4.26. The van der Waals surface area contributed by atoms with Crippen LogP contribution in [0.15, 0.2) is 158 Å². The van der Waals surface area contributed by atoms with Crippen molar-refractivity contribution in [2.24, 2.45) is 0 Å². The first-order valence-electron chi connectivity index (χ1n) is 14.6. The Labute approximate surface area is 249 Å². The smallest absolute Gasteiger partial charge is 0.0714 e. The van der Waals surface area contributed by atoms with Gasteiger partial charge in [0.1, 0.15) is 0 Å². The number of fused-ring (bicyclic) bond motifs is 1. The van der Waals surface area contributed by atoms with Crippen LogP contribution in [0, 0.1) is 13.8 Å². The number of allylic oxidation sites excluding steroid dienone is 1. The fourth-order valence-corrected chi connectivity index (χ4v) is 6.53. The lowest BCUT2D eigenvalue weighted by Gasteiger charge is -2.38. The largest absolute Gasteiger partial charge is 0.310 e. The molecular formula is C41H33N. The Bertz CT molecular complexity index is 1780. The molecule has 0 atom stereocenters. The second kappa shape index (κ2) is 10.7. The summed E-state index contributed by atoms with van der Waals surface area (Å²) in [5.74, 6) is 0. The Kier molecular flexibility index (Phi) is 6.56. The van der Waals surface area contributed by atoms with Crippen molar-refractivity contribution in [1.29, 1.82) is 0 Å². The van der Waals surface area contributed by atoms with Crippen molar-refractivity contribution in [2.45, 2.75) is 19.3 Å². The van der Waals surface area contributed by atoms with E-state index in [2.05, 4.69) is 183 Å². The molecule has 0 aromatic heterocycles. The maximum absolute atomic E-state index is 2.42. The number of hydrogen-bond donors (Lipinski definition) is 0. The summed E-state index contributed by atoms with van der Waals surface area (Å²) in [4.78, 5) is 2.38. The van der Waals surface area contributed by atoms with E-state index in [-0.39, 0.29) is 0 Å². The molecule has 0 fully saturated rings. The van der Waals surface area contributed by atoms with E-state index >= 15 is 0 Å². The number of aryl methyl sites for hydroxylation is 2. The Balaban J connectivity index is 1.55. The van der Waals surface area contributed by atoms with E-state index in [0.29, 0.717) is 0 Å². The van der Waals surface area contributed by atoms with Gasteiger partial charge in [0.2, 0.25) is 0 Å². The predicted octanol–water partition coefficient (Wildman–Crippen LogP) is 10.7. The Morgan fingerprint density at radius 1 is 0.452 bits per heavy atom. The van der Waals surface area contributed by atoms with Crippen molar-refractivity contribution in [3.8, 4) is 0 Å². The summed E-state index contributed by atoms with van der Waals surface area (Å²) >= 11 is 0. The van der Waals surface area contributed by atoms with Gasteiger partial charge in [-0.15, -0.1) is 0 Å². The lowest BCUT2D eigenvalue weighted by atomic mass is 9.65. The van der Waals surface area contributed by atoms with Crippen LogP contribution < -0.4 is 4.90 Å². The summed E-state index contributed by atoms with van der Waals surface area (Å²) < 4.78 is 0. The molecule has 0 N–H and O–H groups in total. The number of benzene rings is 6. The molecule has 0 radical (unpaired) electrons.